The van der Waals surface area contributed by atoms with Crippen LogP contribution in [-0.2, 0) is 22.4 Å². The normalized spacial score (nSPS) is 16.5. The zero-order valence-corrected chi connectivity index (χ0v) is 20.6. The molecule has 0 spiro atoms. The monoisotopic (exact) mass is 502 g/mol. The van der Waals surface area contributed by atoms with Crippen LogP contribution in [0.3, 0.4) is 0 Å². The zero-order chi connectivity index (χ0) is 23.4. The Morgan fingerprint density at radius 3 is 2.66 bits per heavy atom. The Labute approximate surface area is 198 Å². The van der Waals surface area contributed by atoms with Crippen LogP contribution in [0, 0.1) is 18.8 Å². The van der Waals surface area contributed by atoms with E-state index in [-0.39, 0.29) is 11.8 Å². The molecule has 1 amide bonds. The number of halogens is 1. The highest BCUT2D eigenvalue weighted by Crippen LogP contribution is 2.31. The van der Waals surface area contributed by atoms with Crippen LogP contribution in [0.25, 0.3) is 0 Å². The van der Waals surface area contributed by atoms with Crippen LogP contribution in [0.5, 0.6) is 5.75 Å². The fourth-order valence-corrected chi connectivity index (χ4v) is 4.63. The Morgan fingerprint density at radius 2 is 1.97 bits per heavy atom. The molecule has 2 aromatic carbocycles. The molecule has 172 valence electrons. The SMILES string of the molecule is Cc1cc(OC(=O)OCC(C)C)cc(Br)c1C[C@H](N)C(=O)N1CC(C)Cc2ccccc21. The number of fused-ring (bicyclic) bond motifs is 1. The number of nitrogens with two attached hydrogens (primary N) is 1. The number of rotatable bonds is 6. The van der Waals surface area contributed by atoms with E-state index in [1.54, 1.807) is 12.1 Å². The molecule has 1 heterocycles. The Hall–Kier alpha value is -2.38. The number of anilines is 1. The first-order chi connectivity index (χ1) is 15.2. The lowest BCUT2D eigenvalue weighted by atomic mass is 9.92. The summed E-state index contributed by atoms with van der Waals surface area (Å²) in [5.41, 5.74) is 10.3. The average molecular weight is 503 g/mol. The van der Waals surface area contributed by atoms with E-state index >= 15 is 0 Å². The Bertz CT molecular complexity index is 969. The van der Waals surface area contributed by atoms with Gasteiger partial charge in [0.15, 0.2) is 0 Å². The lowest BCUT2D eigenvalue weighted by molar-refractivity contribution is -0.120. The molecule has 32 heavy (non-hydrogen) atoms. The standard InChI is InChI=1S/C25H31BrN2O4/c1-15(2)14-31-25(30)32-19-10-17(4)20(21(26)11-19)12-22(27)24(29)28-13-16(3)9-18-7-5-6-8-23(18)28/h5-8,10-11,15-16,22H,9,12-14,27H2,1-4H3/t16?,22-/m0/s1. The van der Waals surface area contributed by atoms with Crippen molar-refractivity contribution >= 4 is 33.7 Å². The molecule has 1 aliphatic rings. The maximum absolute atomic E-state index is 13.3. The van der Waals surface area contributed by atoms with E-state index in [1.807, 2.05) is 43.9 Å². The van der Waals surface area contributed by atoms with E-state index in [2.05, 4.69) is 28.9 Å². The lowest BCUT2D eigenvalue weighted by Crippen LogP contribution is -2.48. The van der Waals surface area contributed by atoms with E-state index in [1.165, 1.54) is 5.56 Å². The van der Waals surface area contributed by atoms with E-state index in [9.17, 15) is 9.59 Å². The van der Waals surface area contributed by atoms with Crippen molar-refractivity contribution in [3.8, 4) is 5.75 Å². The molecule has 7 heteroatoms. The summed E-state index contributed by atoms with van der Waals surface area (Å²) < 4.78 is 11.1. The maximum Gasteiger partial charge on any atom is 0.513 e. The molecule has 0 radical (unpaired) electrons. The number of carbonyl (C=O) groups is 2. The molecule has 0 aliphatic carbocycles. The fraction of sp³-hybridized carbons (Fsp3) is 0.440. The average Bonchev–Trinajstić information content (AvgIpc) is 2.73. The van der Waals surface area contributed by atoms with Crippen LogP contribution < -0.4 is 15.4 Å². The van der Waals surface area contributed by atoms with Crippen molar-refractivity contribution in [3.63, 3.8) is 0 Å². The number of benzene rings is 2. The Morgan fingerprint density at radius 1 is 1.25 bits per heavy atom. The van der Waals surface area contributed by atoms with Gasteiger partial charge in [-0.3, -0.25) is 4.79 Å². The van der Waals surface area contributed by atoms with Crippen molar-refractivity contribution in [2.75, 3.05) is 18.1 Å². The predicted molar refractivity (Wildman–Crippen MR) is 129 cm³/mol. The third kappa shape index (κ3) is 5.90. The summed E-state index contributed by atoms with van der Waals surface area (Å²) in [7, 11) is 0. The van der Waals surface area contributed by atoms with Crippen molar-refractivity contribution in [2.45, 2.75) is 46.6 Å². The van der Waals surface area contributed by atoms with Crippen LogP contribution in [0.15, 0.2) is 40.9 Å². The van der Waals surface area contributed by atoms with Gasteiger partial charge < -0.3 is 20.1 Å². The first kappa shape index (κ1) is 24.3. The summed E-state index contributed by atoms with van der Waals surface area (Å²) in [6, 6.07) is 10.8. The Balaban J connectivity index is 1.72. The van der Waals surface area contributed by atoms with Crippen LogP contribution in [0.1, 0.15) is 37.5 Å². The second-order valence-electron chi connectivity index (χ2n) is 8.95. The molecule has 3 rings (SSSR count). The number of nitrogens with zero attached hydrogens (tertiary/aromatic N) is 1. The summed E-state index contributed by atoms with van der Waals surface area (Å²) in [5.74, 6) is 0.895. The highest BCUT2D eigenvalue weighted by molar-refractivity contribution is 9.10. The van der Waals surface area contributed by atoms with Crippen molar-refractivity contribution in [1.29, 1.82) is 0 Å². The third-order valence-corrected chi connectivity index (χ3v) is 6.19. The minimum Gasteiger partial charge on any atom is -0.434 e. The van der Waals surface area contributed by atoms with Crippen molar-refractivity contribution < 1.29 is 19.1 Å². The molecular formula is C25H31BrN2O4. The number of aryl methyl sites for hydroxylation is 1. The second-order valence-corrected chi connectivity index (χ2v) is 9.81. The quantitative estimate of drug-likeness (QED) is 0.442. The summed E-state index contributed by atoms with van der Waals surface area (Å²) in [6.07, 6.45) is 0.597. The second kappa shape index (κ2) is 10.5. The number of hydrogen-bond acceptors (Lipinski definition) is 5. The summed E-state index contributed by atoms with van der Waals surface area (Å²) in [6.45, 7) is 8.92. The highest BCUT2D eigenvalue weighted by Gasteiger charge is 2.30. The molecule has 2 aromatic rings. The van der Waals surface area contributed by atoms with Gasteiger partial charge in [-0.1, -0.05) is 54.9 Å². The molecule has 2 N–H and O–H groups in total. The minimum atomic E-state index is -0.734. The molecule has 1 aliphatic heterocycles. The molecule has 6 nitrogen and oxygen atoms in total. The van der Waals surface area contributed by atoms with E-state index < -0.39 is 12.2 Å². The summed E-state index contributed by atoms with van der Waals surface area (Å²) in [4.78, 5) is 27.0. The van der Waals surface area contributed by atoms with E-state index in [0.29, 0.717) is 31.2 Å². The van der Waals surface area contributed by atoms with Crippen LogP contribution in [-0.4, -0.2) is 31.3 Å². The first-order valence-electron chi connectivity index (χ1n) is 10.9. The molecule has 0 saturated carbocycles. The smallest absolute Gasteiger partial charge is 0.434 e. The van der Waals surface area contributed by atoms with Crippen molar-refractivity contribution in [1.82, 2.24) is 0 Å². The van der Waals surface area contributed by atoms with Gasteiger partial charge >= 0.3 is 6.16 Å². The van der Waals surface area contributed by atoms with Crippen molar-refractivity contribution in [2.24, 2.45) is 17.6 Å². The van der Waals surface area contributed by atoms with Gasteiger partial charge in [0, 0.05) is 16.7 Å². The number of ether oxygens (including phenoxy) is 2. The topological polar surface area (TPSA) is 81.9 Å². The molecule has 0 bridgehead atoms. The number of para-hydroxylation sites is 1. The molecule has 0 saturated heterocycles. The van der Waals surface area contributed by atoms with Crippen LogP contribution >= 0.6 is 15.9 Å². The highest BCUT2D eigenvalue weighted by atomic mass is 79.9. The summed E-state index contributed by atoms with van der Waals surface area (Å²) in [5, 5.41) is 0. The number of carbonyl (C=O) groups excluding carboxylic acids is 2. The summed E-state index contributed by atoms with van der Waals surface area (Å²) >= 11 is 3.55. The van der Waals surface area contributed by atoms with E-state index in [0.717, 1.165) is 27.7 Å². The van der Waals surface area contributed by atoms with Gasteiger partial charge in [0.05, 0.1) is 12.6 Å². The molecule has 1 unspecified atom stereocenters. The fourth-order valence-electron chi connectivity index (χ4n) is 3.93. The van der Waals surface area contributed by atoms with Crippen LogP contribution in [0.2, 0.25) is 0 Å². The van der Waals surface area contributed by atoms with Gasteiger partial charge in [0.25, 0.3) is 0 Å². The first-order valence-corrected chi connectivity index (χ1v) is 11.7. The predicted octanol–water partition coefficient (Wildman–Crippen LogP) is 5.02. The van der Waals surface area contributed by atoms with Crippen molar-refractivity contribution in [3.05, 3.63) is 57.6 Å². The number of amides is 1. The van der Waals surface area contributed by atoms with Gasteiger partial charge in [0.1, 0.15) is 5.75 Å². The molecule has 0 fully saturated rings. The van der Waals surface area contributed by atoms with Gasteiger partial charge in [-0.25, -0.2) is 4.79 Å². The lowest BCUT2D eigenvalue weighted by Gasteiger charge is -2.34. The van der Waals surface area contributed by atoms with Gasteiger partial charge in [-0.2, -0.15) is 0 Å². The third-order valence-electron chi connectivity index (χ3n) is 5.48. The van der Waals surface area contributed by atoms with Gasteiger partial charge in [-0.15, -0.1) is 0 Å². The maximum atomic E-state index is 13.3. The minimum absolute atomic E-state index is 0.0899. The molecule has 2 atom stereocenters. The number of hydrogen-bond donors (Lipinski definition) is 1. The van der Waals surface area contributed by atoms with Gasteiger partial charge in [0.2, 0.25) is 5.91 Å². The largest absolute Gasteiger partial charge is 0.513 e. The van der Waals surface area contributed by atoms with E-state index in [4.69, 9.17) is 15.2 Å². The zero-order valence-electron chi connectivity index (χ0n) is 19.1. The Kier molecular flexibility index (Phi) is 7.96. The molecule has 0 aromatic heterocycles. The van der Waals surface area contributed by atoms with Crippen LogP contribution in [0.4, 0.5) is 10.5 Å². The molecular weight excluding hydrogens is 472 g/mol. The van der Waals surface area contributed by atoms with Gasteiger partial charge in [-0.05, 0) is 66.5 Å².